The first-order valence-electron chi connectivity index (χ1n) is 6.08. The molecule has 3 rings (SSSR count). The number of carbonyl (C=O) groups excluding carboxylic acids is 1. The molecule has 0 saturated heterocycles. The number of halogens is 2. The molecule has 3 heterocycles. The highest BCUT2D eigenvalue weighted by Gasteiger charge is 2.39. The molecular formula is C13H11Cl2N3O2. The second kappa shape index (κ2) is 5.42. The van der Waals surface area contributed by atoms with Crippen LogP contribution in [0.5, 0.6) is 0 Å². The van der Waals surface area contributed by atoms with Gasteiger partial charge in [-0.2, -0.15) is 0 Å². The van der Waals surface area contributed by atoms with Gasteiger partial charge < -0.3 is 9.64 Å². The van der Waals surface area contributed by atoms with Crippen molar-refractivity contribution >= 4 is 35.5 Å². The van der Waals surface area contributed by atoms with Gasteiger partial charge >= 0.3 is 0 Å². The largest absolute Gasteiger partial charge is 0.473 e. The molecule has 0 N–H and O–H groups in total. The number of amides is 1. The van der Waals surface area contributed by atoms with E-state index in [2.05, 4.69) is 9.98 Å². The summed E-state index contributed by atoms with van der Waals surface area (Å²) in [5.74, 6) is -0.0994. The molecule has 7 heteroatoms. The molecular weight excluding hydrogens is 301 g/mol. The standard InChI is InChI=1S/C13H11Cl2N3O2/c14-8-5-16-6-9(15)10(8)12-11(17-7-20-12)13(19)18-3-1-2-4-18/h1-2,5-7,11-12H,3-4H2. The highest BCUT2D eigenvalue weighted by molar-refractivity contribution is 6.35. The fourth-order valence-corrected chi connectivity index (χ4v) is 2.86. The van der Waals surface area contributed by atoms with E-state index in [0.29, 0.717) is 28.7 Å². The molecule has 104 valence electrons. The van der Waals surface area contributed by atoms with E-state index in [1.165, 1.54) is 18.8 Å². The lowest BCUT2D eigenvalue weighted by Crippen LogP contribution is -2.38. The van der Waals surface area contributed by atoms with Gasteiger partial charge in [-0.15, -0.1) is 0 Å². The molecule has 1 aromatic heterocycles. The minimum Gasteiger partial charge on any atom is -0.473 e. The van der Waals surface area contributed by atoms with Crippen molar-refractivity contribution in [3.63, 3.8) is 0 Å². The number of pyridine rings is 1. The van der Waals surface area contributed by atoms with Crippen LogP contribution >= 0.6 is 23.2 Å². The maximum Gasteiger partial charge on any atom is 0.252 e. The van der Waals surface area contributed by atoms with Crippen LogP contribution in [0, 0.1) is 0 Å². The van der Waals surface area contributed by atoms with Crippen LogP contribution in [-0.2, 0) is 9.53 Å². The van der Waals surface area contributed by atoms with Gasteiger partial charge in [0.2, 0.25) is 0 Å². The average Bonchev–Trinajstić information content (AvgIpc) is 3.09. The Bertz CT molecular complexity index is 575. The fraction of sp³-hybridized carbons (Fsp3) is 0.308. The Kier molecular flexibility index (Phi) is 3.63. The third-order valence-electron chi connectivity index (χ3n) is 3.27. The van der Waals surface area contributed by atoms with Crippen molar-refractivity contribution in [1.29, 1.82) is 0 Å². The van der Waals surface area contributed by atoms with Gasteiger partial charge in [-0.05, 0) is 0 Å². The quantitative estimate of drug-likeness (QED) is 0.787. The summed E-state index contributed by atoms with van der Waals surface area (Å²) in [5.41, 5.74) is 0.548. The molecule has 2 atom stereocenters. The fourth-order valence-electron chi connectivity index (χ4n) is 2.28. The molecule has 2 aliphatic heterocycles. The molecule has 0 fully saturated rings. The van der Waals surface area contributed by atoms with Gasteiger partial charge in [-0.1, -0.05) is 35.4 Å². The molecule has 0 bridgehead atoms. The Morgan fingerprint density at radius 1 is 1.25 bits per heavy atom. The van der Waals surface area contributed by atoms with Crippen molar-refractivity contribution in [3.8, 4) is 0 Å². The zero-order chi connectivity index (χ0) is 14.1. The second-order valence-electron chi connectivity index (χ2n) is 4.49. The summed E-state index contributed by atoms with van der Waals surface area (Å²) in [6.45, 7) is 1.19. The topological polar surface area (TPSA) is 54.8 Å². The normalized spacial score (nSPS) is 24.2. The van der Waals surface area contributed by atoms with E-state index in [1.54, 1.807) is 4.90 Å². The zero-order valence-corrected chi connectivity index (χ0v) is 11.9. The molecule has 0 aromatic carbocycles. The summed E-state index contributed by atoms with van der Waals surface area (Å²) in [6.07, 6.45) is 7.51. The van der Waals surface area contributed by atoms with Crippen molar-refractivity contribution in [2.75, 3.05) is 13.1 Å². The molecule has 1 amide bonds. The summed E-state index contributed by atoms with van der Waals surface area (Å²) in [5, 5.41) is 0.732. The summed E-state index contributed by atoms with van der Waals surface area (Å²) in [6, 6.07) is -0.660. The van der Waals surface area contributed by atoms with Crippen LogP contribution in [-0.4, -0.2) is 41.3 Å². The van der Waals surface area contributed by atoms with E-state index in [4.69, 9.17) is 27.9 Å². The van der Waals surface area contributed by atoms with Crippen LogP contribution in [0.1, 0.15) is 11.7 Å². The minimum atomic E-state index is -0.660. The molecule has 1 aromatic rings. The molecule has 0 saturated carbocycles. The molecule has 20 heavy (non-hydrogen) atoms. The van der Waals surface area contributed by atoms with Crippen LogP contribution in [0.3, 0.4) is 0 Å². The highest BCUT2D eigenvalue weighted by Crippen LogP contribution is 2.37. The third kappa shape index (κ3) is 2.27. The minimum absolute atomic E-state index is 0.0994. The summed E-state index contributed by atoms with van der Waals surface area (Å²) < 4.78 is 5.44. The maximum atomic E-state index is 12.4. The van der Waals surface area contributed by atoms with E-state index in [9.17, 15) is 4.79 Å². The van der Waals surface area contributed by atoms with Gasteiger partial charge in [0.05, 0.1) is 10.0 Å². The number of ether oxygens (including phenoxy) is 1. The Labute approximate surface area is 125 Å². The van der Waals surface area contributed by atoms with Crippen molar-refractivity contribution in [3.05, 3.63) is 40.2 Å². The van der Waals surface area contributed by atoms with Crippen LogP contribution < -0.4 is 0 Å². The first-order valence-corrected chi connectivity index (χ1v) is 6.84. The van der Waals surface area contributed by atoms with Crippen molar-refractivity contribution < 1.29 is 9.53 Å². The van der Waals surface area contributed by atoms with Crippen LogP contribution in [0.2, 0.25) is 10.0 Å². The molecule has 2 unspecified atom stereocenters. The Morgan fingerprint density at radius 3 is 2.55 bits per heavy atom. The zero-order valence-electron chi connectivity index (χ0n) is 10.4. The lowest BCUT2D eigenvalue weighted by atomic mass is 10.0. The monoisotopic (exact) mass is 311 g/mol. The number of aromatic nitrogens is 1. The van der Waals surface area contributed by atoms with Crippen molar-refractivity contribution in [1.82, 2.24) is 9.88 Å². The van der Waals surface area contributed by atoms with Gasteiger partial charge in [0.25, 0.3) is 5.91 Å². The Balaban J connectivity index is 1.88. The number of aliphatic imine (C=N–C) groups is 1. The lowest BCUT2D eigenvalue weighted by molar-refractivity contribution is -0.132. The second-order valence-corrected chi connectivity index (χ2v) is 5.30. The average molecular weight is 312 g/mol. The number of rotatable bonds is 2. The molecule has 0 radical (unpaired) electrons. The molecule has 2 aliphatic rings. The van der Waals surface area contributed by atoms with Crippen LogP contribution in [0.4, 0.5) is 0 Å². The van der Waals surface area contributed by atoms with Crippen molar-refractivity contribution in [2.24, 2.45) is 4.99 Å². The number of nitrogens with zero attached hydrogens (tertiary/aromatic N) is 3. The highest BCUT2D eigenvalue weighted by atomic mass is 35.5. The summed E-state index contributed by atoms with van der Waals surface area (Å²) in [4.78, 5) is 22.2. The van der Waals surface area contributed by atoms with Gasteiger partial charge in [0.15, 0.2) is 18.5 Å². The van der Waals surface area contributed by atoms with E-state index in [0.717, 1.165) is 0 Å². The SMILES string of the molecule is O=C(C1N=COC1c1c(Cl)cncc1Cl)N1CC=CC1. The van der Waals surface area contributed by atoms with E-state index < -0.39 is 12.1 Å². The first kappa shape index (κ1) is 13.4. The van der Waals surface area contributed by atoms with E-state index >= 15 is 0 Å². The van der Waals surface area contributed by atoms with Crippen LogP contribution in [0.15, 0.2) is 29.5 Å². The first-order chi connectivity index (χ1) is 9.68. The summed E-state index contributed by atoms with van der Waals surface area (Å²) in [7, 11) is 0. The van der Waals surface area contributed by atoms with Gasteiger partial charge in [-0.3, -0.25) is 9.78 Å². The number of hydrogen-bond acceptors (Lipinski definition) is 4. The lowest BCUT2D eigenvalue weighted by Gasteiger charge is -2.23. The number of hydrogen-bond donors (Lipinski definition) is 0. The predicted octanol–water partition coefficient (Wildman–Crippen LogP) is 2.25. The Morgan fingerprint density at radius 2 is 1.90 bits per heavy atom. The number of carbonyl (C=O) groups is 1. The van der Waals surface area contributed by atoms with E-state index in [1.807, 2.05) is 12.2 Å². The predicted molar refractivity (Wildman–Crippen MR) is 76.1 cm³/mol. The summed E-state index contributed by atoms with van der Waals surface area (Å²) >= 11 is 12.2. The van der Waals surface area contributed by atoms with E-state index in [-0.39, 0.29) is 5.91 Å². The van der Waals surface area contributed by atoms with Gasteiger partial charge in [0, 0.05) is 31.0 Å². The van der Waals surface area contributed by atoms with Gasteiger partial charge in [0.1, 0.15) is 0 Å². The maximum absolute atomic E-state index is 12.4. The molecule has 5 nitrogen and oxygen atoms in total. The molecule has 0 spiro atoms. The molecule has 0 aliphatic carbocycles. The Hall–Kier alpha value is -1.59. The third-order valence-corrected chi connectivity index (χ3v) is 3.88. The van der Waals surface area contributed by atoms with Gasteiger partial charge in [-0.25, -0.2) is 4.99 Å². The van der Waals surface area contributed by atoms with Crippen LogP contribution in [0.25, 0.3) is 0 Å². The smallest absolute Gasteiger partial charge is 0.252 e. The van der Waals surface area contributed by atoms with Crippen molar-refractivity contribution in [2.45, 2.75) is 12.1 Å².